The number of aromatic nitrogens is 4. The van der Waals surface area contributed by atoms with E-state index in [1.165, 1.54) is 21.9 Å². The summed E-state index contributed by atoms with van der Waals surface area (Å²) < 4.78 is 3.78. The van der Waals surface area contributed by atoms with Crippen molar-refractivity contribution in [3.05, 3.63) is 109 Å². The largest absolute Gasteiger partial charge is 0.330 e. The number of benzene rings is 3. The third-order valence-corrected chi connectivity index (χ3v) is 5.38. The number of hydrogen-bond donors (Lipinski definition) is 2. The van der Waals surface area contributed by atoms with Gasteiger partial charge in [-0.2, -0.15) is 10.2 Å². The van der Waals surface area contributed by atoms with Gasteiger partial charge in [0.2, 0.25) is 0 Å². The van der Waals surface area contributed by atoms with Crippen molar-refractivity contribution in [3.8, 4) is 0 Å². The van der Waals surface area contributed by atoms with Crippen molar-refractivity contribution in [2.75, 3.05) is 10.6 Å². The molecule has 5 aromatic rings. The van der Waals surface area contributed by atoms with Crippen molar-refractivity contribution >= 4 is 39.6 Å². The van der Waals surface area contributed by atoms with Gasteiger partial charge < -0.3 is 10.6 Å². The van der Waals surface area contributed by atoms with Gasteiger partial charge in [-0.3, -0.25) is 9.36 Å². The third kappa shape index (κ3) is 4.68. The van der Waals surface area contributed by atoms with E-state index in [-0.39, 0.29) is 0 Å². The van der Waals surface area contributed by atoms with Crippen LogP contribution >= 0.6 is 12.2 Å². The SMILES string of the molecule is S=C(Nc1cnn(Cc2ccccc2)c1)Nc1ccn(Cc2cccc3ccccc23)n1. The minimum Gasteiger partial charge on any atom is -0.330 e. The minimum absolute atomic E-state index is 0.472. The molecular formula is C25H22N6S. The summed E-state index contributed by atoms with van der Waals surface area (Å²) in [4.78, 5) is 0. The molecule has 0 atom stereocenters. The number of thiocarbonyl (C=S) groups is 1. The number of fused-ring (bicyclic) bond motifs is 1. The number of nitrogens with zero attached hydrogens (tertiary/aromatic N) is 4. The van der Waals surface area contributed by atoms with Crippen molar-refractivity contribution in [2.45, 2.75) is 13.1 Å². The monoisotopic (exact) mass is 438 g/mol. The van der Waals surface area contributed by atoms with Gasteiger partial charge in [0, 0.05) is 18.5 Å². The summed E-state index contributed by atoms with van der Waals surface area (Å²) in [7, 11) is 0. The van der Waals surface area contributed by atoms with Gasteiger partial charge in [-0.1, -0.05) is 72.8 Å². The molecule has 158 valence electrons. The summed E-state index contributed by atoms with van der Waals surface area (Å²) in [5, 5.41) is 18.3. The van der Waals surface area contributed by atoms with E-state index in [0.29, 0.717) is 24.0 Å². The summed E-state index contributed by atoms with van der Waals surface area (Å²) in [6, 6.07) is 26.9. The topological polar surface area (TPSA) is 59.7 Å². The molecule has 0 saturated heterocycles. The van der Waals surface area contributed by atoms with Gasteiger partial charge in [0.25, 0.3) is 0 Å². The second-order valence-corrected chi connectivity index (χ2v) is 7.94. The molecule has 32 heavy (non-hydrogen) atoms. The standard InChI is InChI=1S/C25H22N6S/c32-25(27-22-15-26-31(18-22)16-19-7-2-1-3-8-19)28-24-13-14-30(29-24)17-21-11-6-10-20-9-4-5-12-23(20)21/h1-15,18H,16-17H2,(H2,27,28,29,32). The van der Waals surface area contributed by atoms with Crippen LogP contribution in [0, 0.1) is 0 Å². The van der Waals surface area contributed by atoms with E-state index in [9.17, 15) is 0 Å². The summed E-state index contributed by atoms with van der Waals surface area (Å²) in [5.41, 5.74) is 3.25. The van der Waals surface area contributed by atoms with Gasteiger partial charge in [-0.05, 0) is 34.1 Å². The Morgan fingerprint density at radius 2 is 1.62 bits per heavy atom. The van der Waals surface area contributed by atoms with E-state index in [0.717, 1.165) is 5.69 Å². The first kappa shape index (κ1) is 20.0. The molecule has 3 aromatic carbocycles. The smallest absolute Gasteiger partial charge is 0.176 e. The molecule has 5 rings (SSSR count). The first-order valence-electron chi connectivity index (χ1n) is 10.4. The van der Waals surface area contributed by atoms with Crippen LogP contribution in [-0.4, -0.2) is 24.7 Å². The Bertz CT molecular complexity index is 1350. The average Bonchev–Trinajstić information content (AvgIpc) is 3.44. The zero-order valence-electron chi connectivity index (χ0n) is 17.3. The van der Waals surface area contributed by atoms with E-state index >= 15 is 0 Å². The van der Waals surface area contributed by atoms with Crippen LogP contribution in [0.5, 0.6) is 0 Å². The lowest BCUT2D eigenvalue weighted by Crippen LogP contribution is -2.19. The lowest BCUT2D eigenvalue weighted by molar-refractivity contribution is 0.687. The van der Waals surface area contributed by atoms with Crippen molar-refractivity contribution in [1.29, 1.82) is 0 Å². The quantitative estimate of drug-likeness (QED) is 0.360. The van der Waals surface area contributed by atoms with Crippen LogP contribution in [0.1, 0.15) is 11.1 Å². The third-order valence-electron chi connectivity index (χ3n) is 5.17. The highest BCUT2D eigenvalue weighted by Crippen LogP contribution is 2.19. The van der Waals surface area contributed by atoms with Gasteiger partial charge >= 0.3 is 0 Å². The average molecular weight is 439 g/mol. The highest BCUT2D eigenvalue weighted by atomic mass is 32.1. The van der Waals surface area contributed by atoms with Crippen molar-refractivity contribution < 1.29 is 0 Å². The van der Waals surface area contributed by atoms with E-state index in [1.807, 2.05) is 46.0 Å². The van der Waals surface area contributed by atoms with Crippen LogP contribution in [0.3, 0.4) is 0 Å². The molecule has 2 heterocycles. The molecule has 0 aliphatic rings. The maximum absolute atomic E-state index is 5.45. The molecule has 0 aliphatic heterocycles. The van der Waals surface area contributed by atoms with E-state index in [4.69, 9.17) is 12.2 Å². The molecule has 0 unspecified atom stereocenters. The maximum Gasteiger partial charge on any atom is 0.176 e. The highest BCUT2D eigenvalue weighted by Gasteiger charge is 2.06. The lowest BCUT2D eigenvalue weighted by Gasteiger charge is -2.08. The molecule has 6 nitrogen and oxygen atoms in total. The van der Waals surface area contributed by atoms with E-state index in [2.05, 4.69) is 75.4 Å². The Morgan fingerprint density at radius 1 is 0.812 bits per heavy atom. The highest BCUT2D eigenvalue weighted by molar-refractivity contribution is 7.80. The molecule has 0 saturated carbocycles. The van der Waals surface area contributed by atoms with Crippen LogP contribution in [0.15, 0.2) is 97.5 Å². The molecule has 0 spiro atoms. The molecule has 0 radical (unpaired) electrons. The van der Waals surface area contributed by atoms with Gasteiger partial charge in [0.1, 0.15) is 0 Å². The second-order valence-electron chi connectivity index (χ2n) is 7.53. The Morgan fingerprint density at radius 3 is 2.53 bits per heavy atom. The zero-order valence-corrected chi connectivity index (χ0v) is 18.2. The second kappa shape index (κ2) is 9.03. The number of anilines is 2. The normalized spacial score (nSPS) is 10.9. The first-order chi connectivity index (χ1) is 15.7. The van der Waals surface area contributed by atoms with Crippen LogP contribution < -0.4 is 10.6 Å². The van der Waals surface area contributed by atoms with Crippen molar-refractivity contribution in [3.63, 3.8) is 0 Å². The summed E-state index contributed by atoms with van der Waals surface area (Å²) in [5.74, 6) is 0.694. The fourth-order valence-electron chi connectivity index (χ4n) is 3.69. The fraction of sp³-hybridized carbons (Fsp3) is 0.0800. The number of rotatable bonds is 6. The molecule has 7 heteroatoms. The summed E-state index contributed by atoms with van der Waals surface area (Å²) in [6.45, 7) is 1.40. The predicted octanol–water partition coefficient (Wildman–Crippen LogP) is 5.14. The Labute approximate surface area is 191 Å². The number of nitrogens with one attached hydrogen (secondary N) is 2. The van der Waals surface area contributed by atoms with Crippen molar-refractivity contribution in [1.82, 2.24) is 19.6 Å². The minimum atomic E-state index is 0.472. The maximum atomic E-state index is 5.45. The zero-order chi connectivity index (χ0) is 21.8. The van der Waals surface area contributed by atoms with Crippen LogP contribution in [0.2, 0.25) is 0 Å². The van der Waals surface area contributed by atoms with Gasteiger partial charge in [-0.25, -0.2) is 0 Å². The summed E-state index contributed by atoms with van der Waals surface area (Å²) >= 11 is 5.45. The van der Waals surface area contributed by atoms with E-state index < -0.39 is 0 Å². The van der Waals surface area contributed by atoms with Crippen molar-refractivity contribution in [2.24, 2.45) is 0 Å². The molecule has 2 N–H and O–H groups in total. The summed E-state index contributed by atoms with van der Waals surface area (Å²) in [6.07, 6.45) is 5.64. The van der Waals surface area contributed by atoms with Gasteiger partial charge in [0.05, 0.1) is 25.0 Å². The lowest BCUT2D eigenvalue weighted by atomic mass is 10.0. The number of hydrogen-bond acceptors (Lipinski definition) is 3. The molecule has 0 aliphatic carbocycles. The van der Waals surface area contributed by atoms with Gasteiger partial charge in [-0.15, -0.1) is 0 Å². The van der Waals surface area contributed by atoms with E-state index in [1.54, 1.807) is 6.20 Å². The molecular weight excluding hydrogens is 416 g/mol. The Balaban J connectivity index is 1.20. The van der Waals surface area contributed by atoms with Crippen LogP contribution in [-0.2, 0) is 13.1 Å². The molecule has 2 aromatic heterocycles. The first-order valence-corrected chi connectivity index (χ1v) is 10.8. The molecule has 0 bridgehead atoms. The fourth-order valence-corrected chi connectivity index (χ4v) is 3.91. The van der Waals surface area contributed by atoms with Gasteiger partial charge in [0.15, 0.2) is 10.9 Å². The predicted molar refractivity (Wildman–Crippen MR) is 133 cm³/mol. The Kier molecular flexibility index (Phi) is 5.63. The van der Waals surface area contributed by atoms with Crippen LogP contribution in [0.25, 0.3) is 10.8 Å². The Hall–Kier alpha value is -3.97. The molecule has 0 amide bonds. The molecule has 0 fully saturated rings. The van der Waals surface area contributed by atoms with Crippen LogP contribution in [0.4, 0.5) is 11.5 Å².